The van der Waals surface area contributed by atoms with Crippen LogP contribution in [0, 0.1) is 10.9 Å². The van der Waals surface area contributed by atoms with Crippen LogP contribution in [0.3, 0.4) is 0 Å². The second-order valence-corrected chi connectivity index (χ2v) is 9.89. The number of carbonyl (C=O) groups excluding carboxylic acids is 1. The second-order valence-electron chi connectivity index (χ2n) is 7.28. The van der Waals surface area contributed by atoms with E-state index in [1.807, 2.05) is 40.7 Å². The lowest BCUT2D eigenvalue weighted by Gasteiger charge is -2.33. The zero-order chi connectivity index (χ0) is 20.5. The number of carbonyl (C=O) groups is 1. The van der Waals surface area contributed by atoms with Gasteiger partial charge in [0.2, 0.25) is 5.91 Å². The highest BCUT2D eigenvalue weighted by Gasteiger charge is 2.23. The van der Waals surface area contributed by atoms with Crippen molar-refractivity contribution in [2.75, 3.05) is 12.3 Å². The van der Waals surface area contributed by atoms with E-state index in [0.717, 1.165) is 30.6 Å². The monoisotopic (exact) mass is 446 g/mol. The summed E-state index contributed by atoms with van der Waals surface area (Å²) in [5, 5.41) is 0.439. The molecule has 2 aromatic heterocycles. The van der Waals surface area contributed by atoms with E-state index in [-0.39, 0.29) is 23.3 Å². The fraction of sp³-hybridized carbons (Fsp3) is 0.400. The third-order valence-corrected chi connectivity index (χ3v) is 7.39. The Morgan fingerprint density at radius 2 is 2.10 bits per heavy atom. The lowest BCUT2D eigenvalue weighted by Crippen LogP contribution is -2.43. The highest BCUT2D eigenvalue weighted by atomic mass is 32.2. The minimum Gasteiger partial charge on any atom is -0.339 e. The van der Waals surface area contributed by atoms with Gasteiger partial charge in [-0.3, -0.25) is 14.2 Å². The maximum Gasteiger partial charge on any atom is 0.271 e. The number of aryl methyl sites for hydroxylation is 1. The summed E-state index contributed by atoms with van der Waals surface area (Å²) in [6.07, 6.45) is 3.27. The van der Waals surface area contributed by atoms with E-state index < -0.39 is 0 Å². The number of benzene rings is 1. The number of amides is 1. The van der Waals surface area contributed by atoms with Crippen molar-refractivity contribution in [1.29, 1.82) is 0 Å². The van der Waals surface area contributed by atoms with Gasteiger partial charge in [-0.15, -0.1) is 0 Å². The summed E-state index contributed by atoms with van der Waals surface area (Å²) >= 11 is 8.01. The number of aromatic amines is 1. The smallest absolute Gasteiger partial charge is 0.271 e. The van der Waals surface area contributed by atoms with E-state index in [1.165, 1.54) is 29.5 Å². The molecule has 0 aliphatic carbocycles. The van der Waals surface area contributed by atoms with E-state index in [2.05, 4.69) is 16.9 Å². The second kappa shape index (κ2) is 8.41. The first-order chi connectivity index (χ1) is 13.9. The Morgan fingerprint density at radius 3 is 2.83 bits per heavy atom. The Bertz CT molecular complexity index is 1160. The number of H-pyrrole nitrogens is 1. The van der Waals surface area contributed by atoms with Crippen molar-refractivity contribution in [2.45, 2.75) is 44.3 Å². The van der Waals surface area contributed by atoms with Gasteiger partial charge in [-0.1, -0.05) is 40.8 Å². The largest absolute Gasteiger partial charge is 0.339 e. The number of rotatable bonds is 4. The number of thioether (sulfide) groups is 1. The molecule has 1 atom stereocenters. The first kappa shape index (κ1) is 20.3. The van der Waals surface area contributed by atoms with Crippen LogP contribution in [-0.2, 0) is 4.79 Å². The zero-order valence-corrected chi connectivity index (χ0v) is 18.8. The molecular formula is C20H22N4O2S3. The van der Waals surface area contributed by atoms with Crippen molar-refractivity contribution < 1.29 is 4.79 Å². The normalized spacial score (nSPS) is 17.0. The number of nitrogens with one attached hydrogen (secondary N) is 1. The molecule has 9 heteroatoms. The van der Waals surface area contributed by atoms with Gasteiger partial charge in [-0.05, 0) is 57.5 Å². The lowest BCUT2D eigenvalue weighted by atomic mass is 10.0. The van der Waals surface area contributed by atoms with E-state index in [9.17, 15) is 9.59 Å². The Kier molecular flexibility index (Phi) is 5.89. The van der Waals surface area contributed by atoms with Crippen LogP contribution >= 0.6 is 35.3 Å². The van der Waals surface area contributed by atoms with Crippen LogP contribution in [-0.4, -0.2) is 43.7 Å². The molecule has 6 nitrogen and oxygen atoms in total. The van der Waals surface area contributed by atoms with Crippen molar-refractivity contribution in [1.82, 2.24) is 19.4 Å². The minimum atomic E-state index is -0.224. The summed E-state index contributed by atoms with van der Waals surface area (Å²) in [7, 11) is 0. The highest BCUT2D eigenvalue weighted by molar-refractivity contribution is 7.99. The molecule has 1 amide bonds. The SMILES string of the molecule is Cc1ccc(-n2c(=S)sc3c(=O)[nH]c(SCC(=O)N4CCCC[C@H]4C)nc32)cc1. The number of hydrogen-bond acceptors (Lipinski definition) is 6. The van der Waals surface area contributed by atoms with Gasteiger partial charge in [0.1, 0.15) is 4.70 Å². The average Bonchev–Trinajstić information content (AvgIpc) is 3.04. The summed E-state index contributed by atoms with van der Waals surface area (Å²) in [5.41, 5.74) is 2.33. The van der Waals surface area contributed by atoms with Crippen molar-refractivity contribution >= 4 is 51.6 Å². The van der Waals surface area contributed by atoms with Crippen LogP contribution in [0.25, 0.3) is 16.0 Å². The Balaban J connectivity index is 1.63. The predicted octanol–water partition coefficient (Wildman–Crippen LogP) is 4.31. The minimum absolute atomic E-state index is 0.0885. The predicted molar refractivity (Wildman–Crippen MR) is 121 cm³/mol. The summed E-state index contributed by atoms with van der Waals surface area (Å²) in [6.45, 7) is 4.92. The molecule has 3 aromatic rings. The molecular weight excluding hydrogens is 424 g/mol. The topological polar surface area (TPSA) is 71.0 Å². The Morgan fingerprint density at radius 1 is 1.34 bits per heavy atom. The fourth-order valence-corrected chi connectivity index (χ4v) is 5.58. The molecule has 0 spiro atoms. The van der Waals surface area contributed by atoms with Gasteiger partial charge in [0, 0.05) is 18.3 Å². The summed E-state index contributed by atoms with van der Waals surface area (Å²) in [6, 6.07) is 8.21. The third kappa shape index (κ3) is 4.17. The van der Waals surface area contributed by atoms with Crippen molar-refractivity contribution in [3.05, 3.63) is 44.1 Å². The van der Waals surface area contributed by atoms with Gasteiger partial charge in [0.25, 0.3) is 5.56 Å². The van der Waals surface area contributed by atoms with Gasteiger partial charge in [-0.2, -0.15) is 0 Å². The van der Waals surface area contributed by atoms with Gasteiger partial charge in [0.05, 0.1) is 5.75 Å². The van der Waals surface area contributed by atoms with Gasteiger partial charge in [0.15, 0.2) is 14.8 Å². The van der Waals surface area contributed by atoms with E-state index in [1.54, 1.807) is 0 Å². The maximum atomic E-state index is 12.6. The standard InChI is InChI=1S/C20H22N4O2S3/c1-12-6-8-14(9-7-12)24-17-16(29-20(24)27)18(26)22-19(21-17)28-11-15(25)23-10-4-3-5-13(23)2/h6-9,13H,3-5,10-11H2,1-2H3,(H,21,22,26)/t13-/m1/s1. The number of aromatic nitrogens is 3. The van der Waals surface area contributed by atoms with Crippen LogP contribution in [0.15, 0.2) is 34.2 Å². The molecule has 29 heavy (non-hydrogen) atoms. The fourth-order valence-electron chi connectivity index (χ4n) is 3.56. The van der Waals surface area contributed by atoms with Crippen LogP contribution in [0.5, 0.6) is 0 Å². The molecule has 0 radical (unpaired) electrons. The van der Waals surface area contributed by atoms with Gasteiger partial charge >= 0.3 is 0 Å². The van der Waals surface area contributed by atoms with Crippen molar-refractivity contribution in [3.8, 4) is 5.69 Å². The van der Waals surface area contributed by atoms with Crippen LogP contribution in [0.4, 0.5) is 0 Å². The number of likely N-dealkylation sites (tertiary alicyclic amines) is 1. The number of piperidine rings is 1. The van der Waals surface area contributed by atoms with E-state index >= 15 is 0 Å². The molecule has 0 bridgehead atoms. The molecule has 1 aromatic carbocycles. The molecule has 1 N–H and O–H groups in total. The van der Waals surface area contributed by atoms with E-state index in [0.29, 0.717) is 19.5 Å². The molecule has 1 fully saturated rings. The number of hydrogen-bond donors (Lipinski definition) is 1. The average molecular weight is 447 g/mol. The first-order valence-corrected chi connectivity index (χ1v) is 11.8. The number of nitrogens with zero attached hydrogens (tertiary/aromatic N) is 3. The van der Waals surface area contributed by atoms with E-state index in [4.69, 9.17) is 12.2 Å². The highest BCUT2D eigenvalue weighted by Crippen LogP contribution is 2.25. The number of fused-ring (bicyclic) bond motifs is 1. The molecule has 1 saturated heterocycles. The van der Waals surface area contributed by atoms with Crippen molar-refractivity contribution in [2.24, 2.45) is 0 Å². The lowest BCUT2D eigenvalue weighted by molar-refractivity contribution is -0.131. The van der Waals surface area contributed by atoms with Crippen LogP contribution in [0.2, 0.25) is 0 Å². The number of thiazole rings is 1. The molecule has 4 rings (SSSR count). The van der Waals surface area contributed by atoms with Crippen LogP contribution in [0.1, 0.15) is 31.7 Å². The molecule has 0 saturated carbocycles. The Labute approximate surface area is 182 Å². The quantitative estimate of drug-likeness (QED) is 0.367. The Hall–Kier alpha value is -1.97. The molecule has 3 heterocycles. The summed E-state index contributed by atoms with van der Waals surface area (Å²) in [4.78, 5) is 34.6. The molecule has 0 unspecified atom stereocenters. The van der Waals surface area contributed by atoms with Gasteiger partial charge in [-0.25, -0.2) is 4.98 Å². The zero-order valence-electron chi connectivity index (χ0n) is 16.3. The molecule has 152 valence electrons. The van der Waals surface area contributed by atoms with Crippen molar-refractivity contribution in [3.63, 3.8) is 0 Å². The summed E-state index contributed by atoms with van der Waals surface area (Å²) < 4.78 is 2.89. The third-order valence-electron chi connectivity index (χ3n) is 5.17. The van der Waals surface area contributed by atoms with Gasteiger partial charge < -0.3 is 9.88 Å². The summed E-state index contributed by atoms with van der Waals surface area (Å²) in [5.74, 6) is 0.347. The maximum absolute atomic E-state index is 12.6. The van der Waals surface area contributed by atoms with Crippen LogP contribution < -0.4 is 5.56 Å². The molecule has 1 aliphatic heterocycles. The first-order valence-electron chi connectivity index (χ1n) is 9.59. The molecule has 1 aliphatic rings.